The number of nitrogens with two attached hydrogens (primary N) is 1. The van der Waals surface area contributed by atoms with Crippen molar-refractivity contribution in [3.8, 4) is 0 Å². The summed E-state index contributed by atoms with van der Waals surface area (Å²) in [4.78, 5) is 29.3. The van der Waals surface area contributed by atoms with Gasteiger partial charge in [-0.15, -0.1) is 0 Å². The van der Waals surface area contributed by atoms with E-state index in [4.69, 9.17) is 10.3 Å². The second-order valence-electron chi connectivity index (χ2n) is 7.08. The third-order valence-electron chi connectivity index (χ3n) is 5.28. The first-order valence-electron chi connectivity index (χ1n) is 9.36. The van der Waals surface area contributed by atoms with Crippen LogP contribution < -0.4 is 5.73 Å². The Morgan fingerprint density at radius 1 is 1.18 bits per heavy atom. The van der Waals surface area contributed by atoms with Gasteiger partial charge in [-0.1, -0.05) is 5.16 Å². The van der Waals surface area contributed by atoms with Crippen LogP contribution in [0.2, 0.25) is 0 Å². The summed E-state index contributed by atoms with van der Waals surface area (Å²) >= 11 is 0. The summed E-state index contributed by atoms with van der Waals surface area (Å²) in [6.07, 6.45) is 3.47. The monoisotopic (exact) mass is 384 g/mol. The summed E-state index contributed by atoms with van der Waals surface area (Å²) in [7, 11) is 0. The molecule has 148 valence electrons. The largest absolute Gasteiger partial charge is 0.382 e. The minimum absolute atomic E-state index is 0.140. The Bertz CT molecular complexity index is 967. The number of hydrogen-bond acceptors (Lipinski definition) is 8. The van der Waals surface area contributed by atoms with Crippen molar-refractivity contribution in [3.63, 3.8) is 0 Å². The molecule has 0 aromatic carbocycles. The van der Waals surface area contributed by atoms with Crippen LogP contribution in [0.25, 0.3) is 11.2 Å². The maximum atomic E-state index is 12.6. The average Bonchev–Trinajstić information content (AvgIpc) is 3.26. The van der Waals surface area contributed by atoms with Gasteiger partial charge in [0.05, 0.1) is 12.0 Å². The average molecular weight is 384 g/mol. The predicted molar refractivity (Wildman–Crippen MR) is 102 cm³/mol. The van der Waals surface area contributed by atoms with E-state index in [0.29, 0.717) is 29.9 Å². The Hall–Kier alpha value is -3.01. The Balaban J connectivity index is 1.30. The molecule has 0 atom stereocenters. The van der Waals surface area contributed by atoms with Gasteiger partial charge in [0.25, 0.3) is 0 Å². The zero-order valence-electron chi connectivity index (χ0n) is 16.1. The number of nitrogens with zero attached hydrogens (tertiary/aromatic N) is 7. The first kappa shape index (κ1) is 18.4. The van der Waals surface area contributed by atoms with Gasteiger partial charge in [0.15, 0.2) is 11.5 Å². The highest BCUT2D eigenvalue weighted by Crippen LogP contribution is 2.17. The van der Waals surface area contributed by atoms with E-state index < -0.39 is 0 Å². The van der Waals surface area contributed by atoms with Crippen LogP contribution in [0, 0.1) is 13.8 Å². The van der Waals surface area contributed by atoms with Crippen molar-refractivity contribution in [3.05, 3.63) is 29.7 Å². The number of anilines is 1. The Kier molecular flexibility index (Phi) is 4.95. The summed E-state index contributed by atoms with van der Waals surface area (Å²) in [5, 5.41) is 4.01. The summed E-state index contributed by atoms with van der Waals surface area (Å²) in [5.41, 5.74) is 9.12. The van der Waals surface area contributed by atoms with Crippen LogP contribution in [0.4, 0.5) is 5.82 Å². The highest BCUT2D eigenvalue weighted by Gasteiger charge is 2.23. The van der Waals surface area contributed by atoms with Gasteiger partial charge >= 0.3 is 0 Å². The molecule has 28 heavy (non-hydrogen) atoms. The van der Waals surface area contributed by atoms with Crippen molar-refractivity contribution in [1.29, 1.82) is 0 Å². The fourth-order valence-electron chi connectivity index (χ4n) is 3.54. The Morgan fingerprint density at radius 2 is 1.96 bits per heavy atom. The van der Waals surface area contributed by atoms with Gasteiger partial charge in [0.1, 0.15) is 17.6 Å². The second kappa shape index (κ2) is 7.55. The van der Waals surface area contributed by atoms with Crippen LogP contribution in [-0.4, -0.2) is 66.6 Å². The molecule has 3 aromatic rings. The number of amides is 1. The molecular formula is C18H24N8O2. The lowest BCUT2D eigenvalue weighted by Crippen LogP contribution is -2.48. The standard InChI is InChI=1S/C18H24N8O2/c1-12-14(13(2)28-23-12)9-24-5-7-25(8-6-24)15(27)3-4-26-11-22-16-17(19)20-10-21-18(16)26/h10-11H,3-9H2,1-2H3,(H2,19,20,21). The molecule has 10 heteroatoms. The summed E-state index contributed by atoms with van der Waals surface area (Å²) in [6, 6.07) is 0. The number of hydrogen-bond donors (Lipinski definition) is 1. The normalized spacial score (nSPS) is 15.4. The number of aromatic nitrogens is 5. The maximum Gasteiger partial charge on any atom is 0.224 e. The third-order valence-corrected chi connectivity index (χ3v) is 5.28. The molecule has 2 N–H and O–H groups in total. The van der Waals surface area contributed by atoms with Crippen LogP contribution >= 0.6 is 0 Å². The van der Waals surface area contributed by atoms with Crippen LogP contribution in [0.1, 0.15) is 23.4 Å². The second-order valence-corrected chi connectivity index (χ2v) is 7.08. The van der Waals surface area contributed by atoms with Crippen molar-refractivity contribution in [1.82, 2.24) is 34.5 Å². The van der Waals surface area contributed by atoms with Gasteiger partial charge < -0.3 is 19.7 Å². The molecule has 1 saturated heterocycles. The molecule has 0 bridgehead atoms. The lowest BCUT2D eigenvalue weighted by Gasteiger charge is -2.34. The predicted octanol–water partition coefficient (Wildman–Crippen LogP) is 0.748. The number of aryl methyl sites for hydroxylation is 3. The fourth-order valence-corrected chi connectivity index (χ4v) is 3.54. The van der Waals surface area contributed by atoms with E-state index in [0.717, 1.165) is 49.7 Å². The number of piperazine rings is 1. The molecule has 0 saturated carbocycles. The molecule has 1 amide bonds. The van der Waals surface area contributed by atoms with E-state index in [9.17, 15) is 4.79 Å². The van der Waals surface area contributed by atoms with Crippen LogP contribution in [-0.2, 0) is 17.9 Å². The van der Waals surface area contributed by atoms with E-state index >= 15 is 0 Å². The van der Waals surface area contributed by atoms with Gasteiger partial charge in [0, 0.05) is 51.3 Å². The fraction of sp³-hybridized carbons (Fsp3) is 0.500. The van der Waals surface area contributed by atoms with Gasteiger partial charge in [-0.25, -0.2) is 15.0 Å². The van der Waals surface area contributed by atoms with Crippen molar-refractivity contribution >= 4 is 22.9 Å². The van der Waals surface area contributed by atoms with Gasteiger partial charge in [-0.05, 0) is 13.8 Å². The molecule has 0 radical (unpaired) electrons. The molecule has 0 spiro atoms. The molecule has 1 fully saturated rings. The minimum atomic E-state index is 0.140. The zero-order valence-corrected chi connectivity index (χ0v) is 16.1. The minimum Gasteiger partial charge on any atom is -0.382 e. The number of carbonyl (C=O) groups is 1. The van der Waals surface area contributed by atoms with Crippen molar-refractivity contribution < 1.29 is 9.32 Å². The zero-order chi connectivity index (χ0) is 19.7. The number of rotatable bonds is 5. The lowest BCUT2D eigenvalue weighted by atomic mass is 10.1. The molecule has 1 aliphatic heterocycles. The van der Waals surface area contributed by atoms with Crippen molar-refractivity contribution in [2.24, 2.45) is 0 Å². The van der Waals surface area contributed by atoms with E-state index in [1.807, 2.05) is 23.3 Å². The van der Waals surface area contributed by atoms with Crippen LogP contribution in [0.3, 0.4) is 0 Å². The Morgan fingerprint density at radius 3 is 2.68 bits per heavy atom. The molecule has 0 unspecified atom stereocenters. The number of nitrogen functional groups attached to an aromatic ring is 1. The van der Waals surface area contributed by atoms with Crippen molar-refractivity contribution in [2.75, 3.05) is 31.9 Å². The lowest BCUT2D eigenvalue weighted by molar-refractivity contribution is -0.133. The van der Waals surface area contributed by atoms with Gasteiger partial charge in [0.2, 0.25) is 5.91 Å². The molecule has 10 nitrogen and oxygen atoms in total. The summed E-state index contributed by atoms with van der Waals surface area (Å²) in [6.45, 7) is 8.36. The number of fused-ring (bicyclic) bond motifs is 1. The highest BCUT2D eigenvalue weighted by molar-refractivity contribution is 5.81. The van der Waals surface area contributed by atoms with E-state index in [-0.39, 0.29) is 5.91 Å². The van der Waals surface area contributed by atoms with Gasteiger partial charge in [-0.2, -0.15) is 0 Å². The molecule has 3 aromatic heterocycles. The first-order valence-corrected chi connectivity index (χ1v) is 9.36. The number of carbonyl (C=O) groups excluding carboxylic acids is 1. The topological polar surface area (TPSA) is 119 Å². The quantitative estimate of drug-likeness (QED) is 0.684. The van der Waals surface area contributed by atoms with E-state index in [2.05, 4.69) is 25.0 Å². The van der Waals surface area contributed by atoms with Crippen molar-refractivity contribution in [2.45, 2.75) is 33.4 Å². The summed E-state index contributed by atoms with van der Waals surface area (Å²) in [5.74, 6) is 1.36. The van der Waals surface area contributed by atoms with E-state index in [1.54, 1.807) is 6.33 Å². The van der Waals surface area contributed by atoms with E-state index in [1.165, 1.54) is 6.33 Å². The molecular weight excluding hydrogens is 360 g/mol. The molecule has 1 aliphatic rings. The maximum absolute atomic E-state index is 12.6. The molecule has 4 heterocycles. The third kappa shape index (κ3) is 3.55. The number of imidazole rings is 1. The highest BCUT2D eigenvalue weighted by atomic mass is 16.5. The first-order chi connectivity index (χ1) is 13.5. The molecule has 4 rings (SSSR count). The van der Waals surface area contributed by atoms with Gasteiger partial charge in [-0.3, -0.25) is 9.69 Å². The van der Waals surface area contributed by atoms with Crippen LogP contribution in [0.5, 0.6) is 0 Å². The summed E-state index contributed by atoms with van der Waals surface area (Å²) < 4.78 is 7.08. The Labute approximate surface area is 162 Å². The SMILES string of the molecule is Cc1noc(C)c1CN1CCN(C(=O)CCn2cnc3c(N)ncnc32)CC1. The molecule has 0 aliphatic carbocycles. The van der Waals surface area contributed by atoms with Crippen LogP contribution in [0.15, 0.2) is 17.2 Å². The smallest absolute Gasteiger partial charge is 0.224 e.